The predicted molar refractivity (Wildman–Crippen MR) is 65.0 cm³/mol. The Kier molecular flexibility index (Phi) is 3.10. The van der Waals surface area contributed by atoms with Crippen molar-refractivity contribution in [2.24, 2.45) is 0 Å². The molecule has 0 saturated carbocycles. The summed E-state index contributed by atoms with van der Waals surface area (Å²) in [5.41, 5.74) is 1.18. The number of nitrogens with zero attached hydrogens (tertiary/aromatic N) is 6. The Hall–Kier alpha value is -3.17. The van der Waals surface area contributed by atoms with Crippen LogP contribution in [-0.4, -0.2) is 47.2 Å². The van der Waals surface area contributed by atoms with Crippen LogP contribution in [0.25, 0.3) is 11.4 Å². The molecule has 0 atom stereocenters. The third kappa shape index (κ3) is 2.48. The van der Waals surface area contributed by atoms with Crippen molar-refractivity contribution < 1.29 is 4.79 Å². The molecule has 0 radical (unpaired) electrons. The Morgan fingerprint density at radius 3 is 2.75 bits per heavy atom. The fraction of sp³-hybridized carbons (Fsp3) is 0.100. The van der Waals surface area contributed by atoms with Gasteiger partial charge in [-0.2, -0.15) is 10.4 Å². The van der Waals surface area contributed by atoms with E-state index in [0.717, 1.165) is 0 Å². The number of aromatic nitrogens is 8. The van der Waals surface area contributed by atoms with E-state index < -0.39 is 0 Å². The van der Waals surface area contributed by atoms with Gasteiger partial charge >= 0.3 is 0 Å². The summed E-state index contributed by atoms with van der Waals surface area (Å²) in [6, 6.07) is 6.90. The van der Waals surface area contributed by atoms with Crippen LogP contribution in [0.4, 0.5) is 0 Å². The van der Waals surface area contributed by atoms with Crippen LogP contribution in [0.2, 0.25) is 0 Å². The normalized spacial score (nSPS) is 10.4. The first-order valence-electron chi connectivity index (χ1n) is 5.67. The van der Waals surface area contributed by atoms with Crippen LogP contribution >= 0.6 is 0 Å². The molecule has 1 aromatic carbocycles. The van der Waals surface area contributed by atoms with Gasteiger partial charge in [-0.1, -0.05) is 17.3 Å². The van der Waals surface area contributed by atoms with Crippen LogP contribution in [0, 0.1) is 0 Å². The number of H-pyrrole nitrogens is 2. The van der Waals surface area contributed by atoms with Crippen molar-refractivity contribution in [3.8, 4) is 11.4 Å². The van der Waals surface area contributed by atoms with Gasteiger partial charge in [0.05, 0.1) is 6.54 Å². The molecule has 0 aliphatic heterocycles. The molecule has 0 saturated heterocycles. The van der Waals surface area contributed by atoms with E-state index in [2.05, 4.69) is 46.6 Å². The van der Waals surface area contributed by atoms with Gasteiger partial charge in [-0.25, -0.2) is 0 Å². The number of hydrogen-bond acceptors (Lipinski definition) is 7. The van der Waals surface area contributed by atoms with E-state index in [1.54, 1.807) is 24.3 Å². The maximum atomic E-state index is 12.0. The molecule has 0 aliphatic carbocycles. The van der Waals surface area contributed by atoms with Crippen LogP contribution in [0.15, 0.2) is 24.3 Å². The highest BCUT2D eigenvalue weighted by Crippen LogP contribution is 2.14. The average Bonchev–Trinajstić information content (AvgIpc) is 3.18. The summed E-state index contributed by atoms with van der Waals surface area (Å²) < 4.78 is 0. The predicted octanol–water partition coefficient (Wildman–Crippen LogP) is -0.690. The number of tetrazole rings is 2. The fourth-order valence-corrected chi connectivity index (χ4v) is 1.60. The van der Waals surface area contributed by atoms with Gasteiger partial charge in [-0.15, -0.1) is 20.4 Å². The summed E-state index contributed by atoms with van der Waals surface area (Å²) in [5, 5.41) is 29.5. The van der Waals surface area contributed by atoms with Crippen molar-refractivity contribution >= 4 is 5.91 Å². The molecular weight excluding hydrogens is 262 g/mol. The summed E-state index contributed by atoms with van der Waals surface area (Å²) in [6.07, 6.45) is 0. The van der Waals surface area contributed by atoms with Gasteiger partial charge < -0.3 is 5.32 Å². The van der Waals surface area contributed by atoms with E-state index in [4.69, 9.17) is 0 Å². The first-order chi connectivity index (χ1) is 9.83. The minimum atomic E-state index is -0.250. The number of aromatic amines is 2. The van der Waals surface area contributed by atoms with Crippen LogP contribution in [0.3, 0.4) is 0 Å². The van der Waals surface area contributed by atoms with Crippen LogP contribution < -0.4 is 5.32 Å². The van der Waals surface area contributed by atoms with Gasteiger partial charge in [0.2, 0.25) is 5.82 Å². The number of hydrogen-bond donors (Lipinski definition) is 3. The lowest BCUT2D eigenvalue weighted by Gasteiger charge is -2.03. The lowest BCUT2D eigenvalue weighted by molar-refractivity contribution is 0.0950. The van der Waals surface area contributed by atoms with E-state index in [1.165, 1.54) is 0 Å². The lowest BCUT2D eigenvalue weighted by atomic mass is 10.1. The first kappa shape index (κ1) is 11.9. The molecule has 2 aromatic heterocycles. The zero-order valence-corrected chi connectivity index (χ0v) is 10.1. The third-order valence-corrected chi connectivity index (χ3v) is 2.52. The molecule has 3 aromatic rings. The van der Waals surface area contributed by atoms with Gasteiger partial charge in [0.15, 0.2) is 5.82 Å². The van der Waals surface area contributed by atoms with Crippen molar-refractivity contribution in [3.05, 3.63) is 35.7 Å². The fourth-order valence-electron chi connectivity index (χ4n) is 1.60. The second kappa shape index (κ2) is 5.22. The lowest BCUT2D eigenvalue weighted by Crippen LogP contribution is -2.23. The molecule has 0 unspecified atom stereocenters. The molecule has 1 amide bonds. The van der Waals surface area contributed by atoms with E-state index in [1.807, 2.05) is 0 Å². The molecule has 20 heavy (non-hydrogen) atoms. The quantitative estimate of drug-likeness (QED) is 0.570. The van der Waals surface area contributed by atoms with Crippen molar-refractivity contribution in [1.82, 2.24) is 46.6 Å². The molecule has 10 nitrogen and oxygen atoms in total. The molecule has 3 N–H and O–H groups in total. The van der Waals surface area contributed by atoms with Gasteiger partial charge in [-0.05, 0) is 17.3 Å². The van der Waals surface area contributed by atoms with E-state index in [-0.39, 0.29) is 12.5 Å². The van der Waals surface area contributed by atoms with Crippen molar-refractivity contribution in [1.29, 1.82) is 0 Å². The summed E-state index contributed by atoms with van der Waals surface area (Å²) in [6.45, 7) is 0.196. The molecule has 0 bridgehead atoms. The Morgan fingerprint density at radius 2 is 2.00 bits per heavy atom. The Labute approximate surface area is 112 Å². The second-order valence-electron chi connectivity index (χ2n) is 3.83. The highest BCUT2D eigenvalue weighted by Gasteiger charge is 2.09. The van der Waals surface area contributed by atoms with E-state index >= 15 is 0 Å². The maximum Gasteiger partial charge on any atom is 0.251 e. The summed E-state index contributed by atoms with van der Waals surface area (Å²) >= 11 is 0. The largest absolute Gasteiger partial charge is 0.345 e. The molecule has 0 fully saturated rings. The summed E-state index contributed by atoms with van der Waals surface area (Å²) in [4.78, 5) is 12.0. The van der Waals surface area contributed by atoms with Crippen LogP contribution in [-0.2, 0) is 6.54 Å². The third-order valence-electron chi connectivity index (χ3n) is 2.52. The zero-order valence-electron chi connectivity index (χ0n) is 10.1. The standard InChI is InChI=1S/C10H9N9O/c20-10(11-5-8-12-16-17-13-8)7-3-1-2-6(4-7)9-14-18-19-15-9/h1-4H,5H2,(H,11,20)(H,12,13,16,17)(H,14,15,18,19). The van der Waals surface area contributed by atoms with E-state index in [0.29, 0.717) is 22.8 Å². The van der Waals surface area contributed by atoms with E-state index in [9.17, 15) is 4.79 Å². The molecule has 2 heterocycles. The number of rotatable bonds is 4. The number of benzene rings is 1. The van der Waals surface area contributed by atoms with Gasteiger partial charge in [0.25, 0.3) is 5.91 Å². The molecule has 100 valence electrons. The highest BCUT2D eigenvalue weighted by molar-refractivity contribution is 5.95. The van der Waals surface area contributed by atoms with Crippen molar-refractivity contribution in [2.45, 2.75) is 6.54 Å². The number of nitrogens with one attached hydrogen (secondary N) is 3. The Morgan fingerprint density at radius 1 is 1.15 bits per heavy atom. The second-order valence-corrected chi connectivity index (χ2v) is 3.83. The minimum absolute atomic E-state index is 0.196. The number of carbonyl (C=O) groups is 1. The topological polar surface area (TPSA) is 138 Å². The van der Waals surface area contributed by atoms with Crippen LogP contribution in [0.1, 0.15) is 16.2 Å². The van der Waals surface area contributed by atoms with Crippen molar-refractivity contribution in [2.75, 3.05) is 0 Å². The van der Waals surface area contributed by atoms with Gasteiger partial charge in [-0.3, -0.25) is 4.79 Å². The Balaban J connectivity index is 1.73. The molecular formula is C10H9N9O. The molecule has 3 rings (SSSR count). The summed E-state index contributed by atoms with van der Waals surface area (Å²) in [5.74, 6) is 0.589. The number of amides is 1. The SMILES string of the molecule is O=C(NCc1nn[nH]n1)c1cccc(-c2nn[nH]n2)c1. The average molecular weight is 271 g/mol. The highest BCUT2D eigenvalue weighted by atomic mass is 16.1. The Bertz CT molecular complexity index is 691. The monoisotopic (exact) mass is 271 g/mol. The molecule has 0 aliphatic rings. The maximum absolute atomic E-state index is 12.0. The van der Waals surface area contributed by atoms with Crippen molar-refractivity contribution in [3.63, 3.8) is 0 Å². The molecule has 0 spiro atoms. The summed E-state index contributed by atoms with van der Waals surface area (Å²) in [7, 11) is 0. The molecule has 10 heteroatoms. The minimum Gasteiger partial charge on any atom is -0.345 e. The van der Waals surface area contributed by atoms with Gasteiger partial charge in [0.1, 0.15) is 0 Å². The number of carbonyl (C=O) groups excluding carboxylic acids is 1. The van der Waals surface area contributed by atoms with Crippen LogP contribution in [0.5, 0.6) is 0 Å². The first-order valence-corrected chi connectivity index (χ1v) is 5.67. The smallest absolute Gasteiger partial charge is 0.251 e. The zero-order chi connectivity index (χ0) is 13.8. The van der Waals surface area contributed by atoms with Gasteiger partial charge in [0, 0.05) is 11.1 Å².